The van der Waals surface area contributed by atoms with E-state index in [2.05, 4.69) is 25.9 Å². The third kappa shape index (κ3) is 4.79. The number of nitrogens with zero attached hydrogens (tertiary/aromatic N) is 3. The van der Waals surface area contributed by atoms with Crippen LogP contribution in [0.5, 0.6) is 0 Å². The van der Waals surface area contributed by atoms with Crippen molar-refractivity contribution in [3.05, 3.63) is 95.3 Å². The van der Waals surface area contributed by atoms with Crippen LogP contribution in [0.2, 0.25) is 0 Å². The van der Waals surface area contributed by atoms with Gasteiger partial charge in [0.1, 0.15) is 23.3 Å². The summed E-state index contributed by atoms with van der Waals surface area (Å²) in [5.74, 6) is -3.47. The van der Waals surface area contributed by atoms with Crippen LogP contribution in [0.25, 0.3) is 0 Å². The van der Waals surface area contributed by atoms with Gasteiger partial charge in [0.05, 0.1) is 0 Å². The fourth-order valence-electron chi connectivity index (χ4n) is 3.71. The van der Waals surface area contributed by atoms with Crippen molar-refractivity contribution in [1.29, 1.82) is 0 Å². The fraction of sp³-hybridized carbons (Fsp3) is 0.217. The zero-order chi connectivity index (χ0) is 24.5. The maximum absolute atomic E-state index is 13.5. The molecule has 3 unspecified atom stereocenters. The highest BCUT2D eigenvalue weighted by molar-refractivity contribution is 9.10. The number of benzene rings is 2. The van der Waals surface area contributed by atoms with E-state index in [1.807, 2.05) is 0 Å². The summed E-state index contributed by atoms with van der Waals surface area (Å²) in [6.07, 6.45) is -3.66. The van der Waals surface area contributed by atoms with Crippen molar-refractivity contribution in [2.45, 2.75) is 23.0 Å². The molecule has 1 aliphatic rings. The predicted molar refractivity (Wildman–Crippen MR) is 115 cm³/mol. The van der Waals surface area contributed by atoms with E-state index in [1.165, 1.54) is 12.1 Å². The highest BCUT2D eigenvalue weighted by atomic mass is 79.9. The minimum Gasteiger partial charge on any atom is -0.446 e. The normalized spacial score (nSPS) is 17.9. The Kier molecular flexibility index (Phi) is 6.65. The van der Waals surface area contributed by atoms with Crippen molar-refractivity contribution >= 4 is 27.9 Å². The molecule has 0 N–H and O–H groups in total. The van der Waals surface area contributed by atoms with Crippen molar-refractivity contribution < 1.29 is 31.9 Å². The lowest BCUT2D eigenvalue weighted by molar-refractivity contribution is -0.145. The number of hydrogen-bond donors (Lipinski definition) is 0. The number of aromatic nitrogens is 2. The standard InChI is InChI=1S/C23H16BrF4N3O3/c24-19(20(32)31-17(12-34-22(31)33)13-4-2-1-3-5-13)18(14-6-8-16(25)9-7-14)15-10-29-21(30-11-15)23(26,27)28/h1-11,17-19H,12H2. The molecule has 0 saturated carbocycles. The number of hydrogen-bond acceptors (Lipinski definition) is 5. The van der Waals surface area contributed by atoms with Crippen molar-refractivity contribution in [1.82, 2.24) is 14.9 Å². The Morgan fingerprint density at radius 1 is 1.03 bits per heavy atom. The first-order valence-corrected chi connectivity index (χ1v) is 10.9. The van der Waals surface area contributed by atoms with E-state index in [1.54, 1.807) is 30.3 Å². The minimum atomic E-state index is -4.74. The number of imide groups is 1. The second kappa shape index (κ2) is 9.49. The van der Waals surface area contributed by atoms with Crippen molar-refractivity contribution in [3.8, 4) is 0 Å². The lowest BCUT2D eigenvalue weighted by Gasteiger charge is -2.27. The lowest BCUT2D eigenvalue weighted by Crippen LogP contribution is -2.41. The van der Waals surface area contributed by atoms with E-state index in [-0.39, 0.29) is 12.2 Å². The van der Waals surface area contributed by atoms with Crippen LogP contribution < -0.4 is 0 Å². The molecular weight excluding hydrogens is 522 g/mol. The number of amides is 2. The number of halogens is 5. The predicted octanol–water partition coefficient (Wildman–Crippen LogP) is 5.25. The Bertz CT molecular complexity index is 1170. The first-order valence-electron chi connectivity index (χ1n) is 10.00. The van der Waals surface area contributed by atoms with Gasteiger partial charge in [-0.2, -0.15) is 13.2 Å². The van der Waals surface area contributed by atoms with Crippen molar-refractivity contribution in [2.24, 2.45) is 0 Å². The van der Waals surface area contributed by atoms with Gasteiger partial charge in [0.25, 0.3) is 0 Å². The summed E-state index contributed by atoms with van der Waals surface area (Å²) >= 11 is 3.33. The summed E-state index contributed by atoms with van der Waals surface area (Å²) in [5, 5.41) is 0. The zero-order valence-corrected chi connectivity index (χ0v) is 18.8. The summed E-state index contributed by atoms with van der Waals surface area (Å²) < 4.78 is 57.5. The molecule has 34 heavy (non-hydrogen) atoms. The number of alkyl halides is 4. The average Bonchev–Trinajstić information content (AvgIpc) is 3.21. The molecule has 0 spiro atoms. The molecule has 0 radical (unpaired) electrons. The van der Waals surface area contributed by atoms with Gasteiger partial charge in [0, 0.05) is 18.3 Å². The van der Waals surface area contributed by atoms with E-state index in [0.717, 1.165) is 29.4 Å². The maximum Gasteiger partial charge on any atom is 0.451 e. The number of carbonyl (C=O) groups is 2. The third-order valence-corrected chi connectivity index (χ3v) is 6.26. The topological polar surface area (TPSA) is 72.4 Å². The zero-order valence-electron chi connectivity index (χ0n) is 17.2. The largest absolute Gasteiger partial charge is 0.451 e. The van der Waals surface area contributed by atoms with Crippen LogP contribution in [-0.4, -0.2) is 38.3 Å². The second-order valence-electron chi connectivity index (χ2n) is 7.48. The quantitative estimate of drug-likeness (QED) is 0.328. The third-order valence-electron chi connectivity index (χ3n) is 5.34. The highest BCUT2D eigenvalue weighted by Gasteiger charge is 2.44. The van der Waals surface area contributed by atoms with E-state index in [9.17, 15) is 27.2 Å². The molecule has 1 aromatic heterocycles. The Labute approximate surface area is 199 Å². The van der Waals surface area contributed by atoms with E-state index in [0.29, 0.717) is 11.1 Å². The molecule has 3 aromatic rings. The van der Waals surface area contributed by atoms with Gasteiger partial charge in [-0.1, -0.05) is 58.4 Å². The molecule has 0 bridgehead atoms. The van der Waals surface area contributed by atoms with Gasteiger partial charge in [-0.05, 0) is 28.8 Å². The van der Waals surface area contributed by atoms with Crippen molar-refractivity contribution in [2.75, 3.05) is 6.61 Å². The van der Waals surface area contributed by atoms with E-state index < -0.39 is 46.6 Å². The van der Waals surface area contributed by atoms with E-state index >= 15 is 0 Å². The van der Waals surface area contributed by atoms with Crippen LogP contribution in [0.1, 0.15) is 34.5 Å². The fourth-order valence-corrected chi connectivity index (χ4v) is 4.54. The molecule has 6 nitrogen and oxygen atoms in total. The van der Waals surface area contributed by atoms with Crippen LogP contribution in [0.4, 0.5) is 22.4 Å². The van der Waals surface area contributed by atoms with Crippen LogP contribution in [0.15, 0.2) is 67.0 Å². The van der Waals surface area contributed by atoms with E-state index in [4.69, 9.17) is 4.74 Å². The lowest BCUT2D eigenvalue weighted by atomic mass is 9.89. The number of carbonyl (C=O) groups excluding carboxylic acids is 2. The molecule has 3 atom stereocenters. The SMILES string of the molecule is O=C1OCC(c2ccccc2)N1C(=O)C(Br)C(c1ccc(F)cc1)c1cnc(C(F)(F)F)nc1. The molecule has 4 rings (SSSR count). The Morgan fingerprint density at radius 2 is 1.65 bits per heavy atom. The maximum atomic E-state index is 13.5. The first-order chi connectivity index (χ1) is 16.2. The summed E-state index contributed by atoms with van der Waals surface area (Å²) in [6, 6.07) is 13.2. The van der Waals surface area contributed by atoms with Gasteiger partial charge in [-0.15, -0.1) is 0 Å². The monoisotopic (exact) mass is 537 g/mol. The highest BCUT2D eigenvalue weighted by Crippen LogP contribution is 2.37. The summed E-state index contributed by atoms with van der Waals surface area (Å²) in [7, 11) is 0. The van der Waals surface area contributed by atoms with Crippen molar-refractivity contribution in [3.63, 3.8) is 0 Å². The van der Waals surface area contributed by atoms with Gasteiger partial charge in [-0.25, -0.2) is 24.1 Å². The summed E-state index contributed by atoms with van der Waals surface area (Å²) in [5.41, 5.74) is 1.25. The molecule has 1 fully saturated rings. The molecule has 0 aliphatic carbocycles. The second-order valence-corrected chi connectivity index (χ2v) is 8.47. The van der Waals surface area contributed by atoms with Gasteiger partial charge >= 0.3 is 12.3 Å². The van der Waals surface area contributed by atoms with Crippen LogP contribution in [0, 0.1) is 5.82 Å². The molecule has 2 amide bonds. The molecule has 176 valence electrons. The molecule has 2 aromatic carbocycles. The van der Waals surface area contributed by atoms with Crippen LogP contribution in [0.3, 0.4) is 0 Å². The van der Waals surface area contributed by atoms with Crippen LogP contribution >= 0.6 is 15.9 Å². The number of rotatable bonds is 5. The Balaban J connectivity index is 1.71. The number of ether oxygens (including phenoxy) is 1. The molecule has 1 saturated heterocycles. The average molecular weight is 538 g/mol. The smallest absolute Gasteiger partial charge is 0.446 e. The van der Waals surface area contributed by atoms with Gasteiger partial charge < -0.3 is 4.74 Å². The molecule has 1 aliphatic heterocycles. The number of cyclic esters (lactones) is 1. The Morgan fingerprint density at radius 3 is 2.24 bits per heavy atom. The van der Waals surface area contributed by atoms with Gasteiger partial charge in [0.2, 0.25) is 11.7 Å². The van der Waals surface area contributed by atoms with Gasteiger partial charge in [0.15, 0.2) is 0 Å². The summed E-state index contributed by atoms with van der Waals surface area (Å²) in [6.45, 7) is -0.0427. The van der Waals surface area contributed by atoms with Gasteiger partial charge in [-0.3, -0.25) is 4.79 Å². The molecular formula is C23H16BrF4N3O3. The first kappa shape index (κ1) is 23.8. The van der Waals surface area contributed by atoms with Crippen LogP contribution in [-0.2, 0) is 15.7 Å². The molecule has 2 heterocycles. The summed E-state index contributed by atoms with van der Waals surface area (Å²) in [4.78, 5) is 32.6. The Hall–Kier alpha value is -3.34. The minimum absolute atomic E-state index is 0.0427. The molecule has 11 heteroatoms.